The molecule has 3 fully saturated rings. The van der Waals surface area contributed by atoms with E-state index >= 15 is 0 Å². The number of likely N-dealkylation sites (tertiary alicyclic amines) is 1. The van der Waals surface area contributed by atoms with Crippen LogP contribution in [-0.4, -0.2) is 79.6 Å². The number of fused-ring (bicyclic) bond motifs is 1. The molecule has 3 heterocycles. The fourth-order valence-electron chi connectivity index (χ4n) is 6.01. The smallest absolute Gasteiger partial charge is 0.311 e. The summed E-state index contributed by atoms with van der Waals surface area (Å²) < 4.78 is 4.23. The summed E-state index contributed by atoms with van der Waals surface area (Å²) in [6, 6.07) is -1.25. The molecule has 7 nitrogen and oxygen atoms in total. The predicted octanol–water partition coefficient (Wildman–Crippen LogP) is 2.78. The quantitative estimate of drug-likeness (QED) is 0.405. The van der Waals surface area contributed by atoms with Crippen molar-refractivity contribution in [3.8, 4) is 0 Å². The summed E-state index contributed by atoms with van der Waals surface area (Å²) in [6.45, 7) is 17.4. The van der Waals surface area contributed by atoms with Gasteiger partial charge in [-0.1, -0.05) is 25.7 Å². The van der Waals surface area contributed by atoms with Gasteiger partial charge in [0.25, 0.3) is 0 Å². The molecule has 1 spiro atoms. The summed E-state index contributed by atoms with van der Waals surface area (Å²) in [6.07, 6.45) is 5.11. The van der Waals surface area contributed by atoms with Gasteiger partial charge in [0.05, 0.1) is 29.2 Å². The number of amides is 2. The number of thioether (sulfide) groups is 1. The highest BCUT2D eigenvalue weighted by atomic mass is 32.2. The van der Waals surface area contributed by atoms with E-state index in [4.69, 9.17) is 4.74 Å². The molecule has 2 amide bonds. The molecule has 0 aromatic rings. The van der Waals surface area contributed by atoms with Gasteiger partial charge in [0.2, 0.25) is 11.8 Å². The highest BCUT2D eigenvalue weighted by Gasteiger charge is 2.78. The van der Waals surface area contributed by atoms with Gasteiger partial charge in [0.15, 0.2) is 0 Å². The van der Waals surface area contributed by atoms with Gasteiger partial charge in [-0.15, -0.1) is 18.3 Å². The van der Waals surface area contributed by atoms with Crippen LogP contribution in [0.3, 0.4) is 0 Å². The van der Waals surface area contributed by atoms with Crippen LogP contribution >= 0.6 is 11.8 Å². The van der Waals surface area contributed by atoms with Crippen molar-refractivity contribution in [1.82, 2.24) is 9.80 Å². The maximum absolute atomic E-state index is 14.2. The van der Waals surface area contributed by atoms with Gasteiger partial charge in [0.1, 0.15) is 12.6 Å². The number of ether oxygens (including phenoxy) is 1. The summed E-state index contributed by atoms with van der Waals surface area (Å²) in [4.78, 5) is 44.7. The van der Waals surface area contributed by atoms with Crippen LogP contribution in [0.5, 0.6) is 0 Å². The van der Waals surface area contributed by atoms with Crippen molar-refractivity contribution in [3.63, 3.8) is 0 Å². The number of hydrogen-bond acceptors (Lipinski definition) is 6. The lowest BCUT2D eigenvalue weighted by atomic mass is 9.66. The molecule has 1 N–H and O–H groups in total. The molecule has 3 aliphatic heterocycles. The number of esters is 1. The van der Waals surface area contributed by atoms with E-state index in [2.05, 4.69) is 13.2 Å². The van der Waals surface area contributed by atoms with Crippen LogP contribution < -0.4 is 0 Å². The van der Waals surface area contributed by atoms with Crippen molar-refractivity contribution < 1.29 is 24.2 Å². The Hall–Kier alpha value is -1.80. The molecule has 0 radical (unpaired) electrons. The van der Waals surface area contributed by atoms with Crippen LogP contribution in [0.4, 0.5) is 0 Å². The first-order chi connectivity index (χ1) is 15.4. The molecule has 0 saturated carbocycles. The highest BCUT2D eigenvalue weighted by Crippen LogP contribution is 2.71. The van der Waals surface area contributed by atoms with E-state index in [-0.39, 0.29) is 25.0 Å². The normalized spacial score (nSPS) is 33.6. The summed E-state index contributed by atoms with van der Waals surface area (Å²) in [5, 5.41) is 10.1. The zero-order valence-electron chi connectivity index (χ0n) is 20.5. The summed E-state index contributed by atoms with van der Waals surface area (Å²) in [7, 11) is 0. The van der Waals surface area contributed by atoms with E-state index in [9.17, 15) is 19.5 Å². The van der Waals surface area contributed by atoms with Crippen LogP contribution in [0.1, 0.15) is 53.9 Å². The third-order valence-corrected chi connectivity index (χ3v) is 9.49. The first-order valence-corrected chi connectivity index (χ1v) is 12.6. The van der Waals surface area contributed by atoms with Gasteiger partial charge in [0, 0.05) is 16.8 Å². The monoisotopic (exact) mass is 478 g/mol. The number of nitrogens with zero attached hydrogens (tertiary/aromatic N) is 2. The molecule has 184 valence electrons. The maximum Gasteiger partial charge on any atom is 0.311 e. The van der Waals surface area contributed by atoms with Crippen LogP contribution in [0.2, 0.25) is 0 Å². The van der Waals surface area contributed by atoms with Gasteiger partial charge in [-0.05, 0) is 47.0 Å². The van der Waals surface area contributed by atoms with Gasteiger partial charge in [-0.2, -0.15) is 0 Å². The Labute approximate surface area is 201 Å². The van der Waals surface area contributed by atoms with Crippen molar-refractivity contribution in [3.05, 3.63) is 25.3 Å². The third kappa shape index (κ3) is 3.93. The first kappa shape index (κ1) is 25.8. The topological polar surface area (TPSA) is 87.1 Å². The van der Waals surface area contributed by atoms with Crippen LogP contribution in [0, 0.1) is 11.8 Å². The number of carbonyl (C=O) groups excluding carboxylic acids is 3. The van der Waals surface area contributed by atoms with Crippen molar-refractivity contribution in [2.75, 3.05) is 19.8 Å². The Morgan fingerprint density at radius 2 is 2.00 bits per heavy atom. The molecule has 0 aliphatic carbocycles. The fourth-order valence-corrected chi connectivity index (χ4v) is 8.34. The lowest BCUT2D eigenvalue weighted by molar-refractivity contribution is -0.155. The van der Waals surface area contributed by atoms with E-state index in [1.54, 1.807) is 27.6 Å². The average Bonchev–Trinajstić information content (AvgIpc) is 3.31. The number of aliphatic hydroxyl groups is 1. The van der Waals surface area contributed by atoms with Crippen molar-refractivity contribution in [1.29, 1.82) is 0 Å². The minimum absolute atomic E-state index is 0.0847. The Balaban J connectivity index is 2.14. The standard InChI is InChI=1S/C25H38N2O5S/c1-8-13-26(23(4,5)6)21(30)19-25-12-11-24(7,33-25)18(22(31)32-14-9-2)17(25)20(29)27(19)16(10-3)15-28/h8-9,16-19,28H,1-2,10-15H2,3-7H3/t16-,17-,18+,19?,24-,25?/m0/s1. The van der Waals surface area contributed by atoms with E-state index in [0.29, 0.717) is 19.4 Å². The second kappa shape index (κ2) is 9.10. The molecule has 6 atom stereocenters. The molecular weight excluding hydrogens is 440 g/mol. The Kier molecular flexibility index (Phi) is 7.12. The Morgan fingerprint density at radius 3 is 2.52 bits per heavy atom. The lowest BCUT2D eigenvalue weighted by Gasteiger charge is -2.43. The number of rotatable bonds is 9. The molecule has 33 heavy (non-hydrogen) atoms. The number of carbonyl (C=O) groups is 3. The van der Waals surface area contributed by atoms with Gasteiger partial charge in [-0.25, -0.2) is 0 Å². The molecule has 2 bridgehead atoms. The van der Waals surface area contributed by atoms with Gasteiger partial charge in [-0.3, -0.25) is 14.4 Å². The van der Waals surface area contributed by atoms with Gasteiger partial charge < -0.3 is 19.6 Å². The van der Waals surface area contributed by atoms with E-state index in [1.165, 1.54) is 6.08 Å². The first-order valence-electron chi connectivity index (χ1n) is 11.8. The van der Waals surface area contributed by atoms with E-state index in [1.807, 2.05) is 34.6 Å². The molecule has 2 unspecified atom stereocenters. The maximum atomic E-state index is 14.2. The Morgan fingerprint density at radius 1 is 1.33 bits per heavy atom. The molecule has 3 rings (SSSR count). The zero-order valence-corrected chi connectivity index (χ0v) is 21.3. The zero-order chi connectivity index (χ0) is 24.8. The molecule has 0 aromatic carbocycles. The molecule has 3 saturated heterocycles. The predicted molar refractivity (Wildman–Crippen MR) is 130 cm³/mol. The SMILES string of the molecule is C=CCOC(=O)[C@H]1[C@H]2C(=O)N([C@@H](CC)CO)C(C(=O)N(CC=C)C(C)(C)C)C23CC[C@]1(C)S3. The highest BCUT2D eigenvalue weighted by molar-refractivity contribution is 8.02. The second-order valence-corrected chi connectivity index (χ2v) is 12.4. The molecule has 3 aliphatic rings. The minimum atomic E-state index is -0.754. The molecule has 0 aromatic heterocycles. The second-order valence-electron chi connectivity index (χ2n) is 10.5. The van der Waals surface area contributed by atoms with Crippen LogP contribution in [0.25, 0.3) is 0 Å². The Bertz CT molecular complexity index is 835. The minimum Gasteiger partial charge on any atom is -0.461 e. The number of aliphatic hydroxyl groups excluding tert-OH is 1. The van der Waals surface area contributed by atoms with E-state index in [0.717, 1.165) is 6.42 Å². The van der Waals surface area contributed by atoms with Crippen LogP contribution in [-0.2, 0) is 19.1 Å². The largest absolute Gasteiger partial charge is 0.461 e. The third-order valence-electron chi connectivity index (χ3n) is 7.51. The number of hydrogen-bond donors (Lipinski definition) is 1. The van der Waals surface area contributed by atoms with Crippen molar-refractivity contribution in [2.45, 2.75) is 81.0 Å². The van der Waals surface area contributed by atoms with Crippen molar-refractivity contribution >= 4 is 29.5 Å². The molecule has 8 heteroatoms. The summed E-state index contributed by atoms with van der Waals surface area (Å²) in [5.41, 5.74) is -0.483. The average molecular weight is 479 g/mol. The molecular formula is C25H38N2O5S. The fraction of sp³-hybridized carbons (Fsp3) is 0.720. The summed E-state index contributed by atoms with van der Waals surface area (Å²) in [5.74, 6) is -2.07. The van der Waals surface area contributed by atoms with Crippen molar-refractivity contribution in [2.24, 2.45) is 11.8 Å². The lowest BCUT2D eigenvalue weighted by Crippen LogP contribution is -2.60. The summed E-state index contributed by atoms with van der Waals surface area (Å²) >= 11 is 1.61. The van der Waals surface area contributed by atoms with E-state index < -0.39 is 44.9 Å². The van der Waals surface area contributed by atoms with Gasteiger partial charge >= 0.3 is 5.97 Å². The van der Waals surface area contributed by atoms with Crippen LogP contribution in [0.15, 0.2) is 25.3 Å².